The number of benzene rings is 1. The molecule has 0 aliphatic carbocycles. The van der Waals surface area contributed by atoms with E-state index in [2.05, 4.69) is 0 Å². The van der Waals surface area contributed by atoms with Crippen molar-refractivity contribution in [3.63, 3.8) is 0 Å². The summed E-state index contributed by atoms with van der Waals surface area (Å²) in [5, 5.41) is 0. The van der Waals surface area contributed by atoms with Gasteiger partial charge in [-0.15, -0.1) is 0 Å². The van der Waals surface area contributed by atoms with Crippen molar-refractivity contribution < 1.29 is 23.0 Å². The molecule has 0 saturated carbocycles. The van der Waals surface area contributed by atoms with Crippen molar-refractivity contribution in [1.82, 2.24) is 0 Å². The Morgan fingerprint density at radius 2 is 2.13 bits per heavy atom. The fourth-order valence-electron chi connectivity index (χ4n) is 1.38. The van der Waals surface area contributed by atoms with Crippen molar-refractivity contribution >= 4 is 6.29 Å². The van der Waals surface area contributed by atoms with Gasteiger partial charge in [0.15, 0.2) is 17.8 Å². The minimum atomic E-state index is -3.00. The van der Waals surface area contributed by atoms with Crippen LogP contribution >= 0.6 is 0 Å². The van der Waals surface area contributed by atoms with Gasteiger partial charge in [-0.25, -0.2) is 8.78 Å². The van der Waals surface area contributed by atoms with E-state index >= 15 is 0 Å². The maximum absolute atomic E-state index is 13.0. The van der Waals surface area contributed by atoms with Crippen LogP contribution in [0.2, 0.25) is 0 Å². The topological polar surface area (TPSA) is 35.5 Å². The SMILES string of the molecule is CC(F)(F)c1cc(C=O)c2c(c1)OCO2. The molecule has 0 radical (unpaired) electrons. The van der Waals surface area contributed by atoms with Gasteiger partial charge in [-0.1, -0.05) is 0 Å². The van der Waals surface area contributed by atoms with E-state index in [1.807, 2.05) is 0 Å². The first kappa shape index (κ1) is 9.89. The monoisotopic (exact) mass is 214 g/mol. The van der Waals surface area contributed by atoms with Gasteiger partial charge in [-0.3, -0.25) is 4.79 Å². The average molecular weight is 214 g/mol. The number of carbonyl (C=O) groups is 1. The predicted octanol–water partition coefficient (Wildman–Crippen LogP) is 2.34. The molecule has 0 N–H and O–H groups in total. The lowest BCUT2D eigenvalue weighted by Gasteiger charge is -2.11. The second-order valence-corrected chi connectivity index (χ2v) is 3.31. The highest BCUT2D eigenvalue weighted by atomic mass is 19.3. The molecule has 0 fully saturated rings. The first-order chi connectivity index (χ1) is 7.02. The van der Waals surface area contributed by atoms with Crippen LogP contribution in [-0.2, 0) is 5.92 Å². The van der Waals surface area contributed by atoms with Crippen LogP contribution in [0.15, 0.2) is 12.1 Å². The molecule has 0 spiro atoms. The van der Waals surface area contributed by atoms with Gasteiger partial charge in [-0.05, 0) is 12.1 Å². The molecule has 1 aromatic rings. The van der Waals surface area contributed by atoms with E-state index in [1.165, 1.54) is 6.07 Å². The Balaban J connectivity index is 2.58. The van der Waals surface area contributed by atoms with Crippen LogP contribution in [0.4, 0.5) is 8.78 Å². The van der Waals surface area contributed by atoms with Crippen LogP contribution in [0.5, 0.6) is 11.5 Å². The molecule has 2 rings (SSSR count). The summed E-state index contributed by atoms with van der Waals surface area (Å²) in [7, 11) is 0. The number of aldehydes is 1. The Labute approximate surface area is 84.6 Å². The molecule has 1 aromatic carbocycles. The Hall–Kier alpha value is -1.65. The van der Waals surface area contributed by atoms with E-state index in [-0.39, 0.29) is 29.4 Å². The summed E-state index contributed by atoms with van der Waals surface area (Å²) in [6.45, 7) is 0.716. The van der Waals surface area contributed by atoms with Gasteiger partial charge in [0.2, 0.25) is 6.79 Å². The van der Waals surface area contributed by atoms with Crippen LogP contribution < -0.4 is 9.47 Å². The summed E-state index contributed by atoms with van der Waals surface area (Å²) < 4.78 is 36.0. The molecule has 0 atom stereocenters. The highest BCUT2D eigenvalue weighted by molar-refractivity contribution is 5.82. The van der Waals surface area contributed by atoms with Crippen molar-refractivity contribution in [1.29, 1.82) is 0 Å². The molecule has 0 bridgehead atoms. The third-order valence-corrected chi connectivity index (χ3v) is 2.14. The predicted molar refractivity (Wildman–Crippen MR) is 47.5 cm³/mol. The number of hydrogen-bond donors (Lipinski definition) is 0. The number of hydrogen-bond acceptors (Lipinski definition) is 3. The van der Waals surface area contributed by atoms with E-state index < -0.39 is 5.92 Å². The fraction of sp³-hybridized carbons (Fsp3) is 0.300. The largest absolute Gasteiger partial charge is 0.454 e. The van der Waals surface area contributed by atoms with Gasteiger partial charge < -0.3 is 9.47 Å². The third kappa shape index (κ3) is 1.65. The normalized spacial score (nSPS) is 14.1. The van der Waals surface area contributed by atoms with E-state index in [0.29, 0.717) is 6.29 Å². The van der Waals surface area contributed by atoms with Crippen molar-refractivity contribution in [3.05, 3.63) is 23.3 Å². The lowest BCUT2D eigenvalue weighted by atomic mass is 10.1. The molecule has 0 aromatic heterocycles. The second kappa shape index (κ2) is 3.18. The molecule has 3 nitrogen and oxygen atoms in total. The zero-order valence-electron chi connectivity index (χ0n) is 7.92. The maximum atomic E-state index is 13.0. The molecule has 1 heterocycles. The first-order valence-electron chi connectivity index (χ1n) is 4.29. The van der Waals surface area contributed by atoms with Gasteiger partial charge in [-0.2, -0.15) is 0 Å². The number of fused-ring (bicyclic) bond motifs is 1. The highest BCUT2D eigenvalue weighted by Crippen LogP contribution is 2.40. The van der Waals surface area contributed by atoms with Crippen LogP contribution in [0, 0.1) is 0 Å². The summed E-state index contributed by atoms with van der Waals surface area (Å²) in [5.74, 6) is -2.58. The highest BCUT2D eigenvalue weighted by Gasteiger charge is 2.29. The lowest BCUT2D eigenvalue weighted by molar-refractivity contribution is 0.0172. The van der Waals surface area contributed by atoms with Crippen molar-refractivity contribution in [2.75, 3.05) is 6.79 Å². The summed E-state index contributed by atoms with van der Waals surface area (Å²) in [4.78, 5) is 10.7. The number of halogens is 2. The zero-order chi connectivity index (χ0) is 11.1. The van der Waals surface area contributed by atoms with E-state index in [4.69, 9.17) is 9.47 Å². The van der Waals surface area contributed by atoms with E-state index in [0.717, 1.165) is 13.0 Å². The Morgan fingerprint density at radius 3 is 2.73 bits per heavy atom. The first-order valence-corrected chi connectivity index (χ1v) is 4.29. The van der Waals surface area contributed by atoms with Gasteiger partial charge in [0.1, 0.15) is 0 Å². The molecule has 80 valence electrons. The zero-order valence-corrected chi connectivity index (χ0v) is 7.92. The van der Waals surface area contributed by atoms with Crippen LogP contribution in [0.25, 0.3) is 0 Å². The molecule has 1 aliphatic rings. The third-order valence-electron chi connectivity index (χ3n) is 2.14. The lowest BCUT2D eigenvalue weighted by Crippen LogP contribution is -2.07. The maximum Gasteiger partial charge on any atom is 0.270 e. The minimum Gasteiger partial charge on any atom is -0.454 e. The molecule has 0 saturated heterocycles. The van der Waals surface area contributed by atoms with Crippen LogP contribution in [0.3, 0.4) is 0 Å². The molecule has 0 amide bonds. The molecule has 15 heavy (non-hydrogen) atoms. The number of rotatable bonds is 2. The van der Waals surface area contributed by atoms with Gasteiger partial charge in [0.25, 0.3) is 5.92 Å². The summed E-state index contributed by atoms with van der Waals surface area (Å²) in [5.41, 5.74) is -0.171. The molecule has 1 aliphatic heterocycles. The molecular weight excluding hydrogens is 206 g/mol. The Kier molecular flexibility index (Phi) is 2.10. The van der Waals surface area contributed by atoms with Gasteiger partial charge >= 0.3 is 0 Å². The van der Waals surface area contributed by atoms with Crippen LogP contribution in [0.1, 0.15) is 22.8 Å². The van der Waals surface area contributed by atoms with Crippen molar-refractivity contribution in [3.8, 4) is 11.5 Å². The van der Waals surface area contributed by atoms with Gasteiger partial charge in [0, 0.05) is 12.5 Å². The molecule has 0 unspecified atom stereocenters. The quantitative estimate of drug-likeness (QED) is 0.709. The average Bonchev–Trinajstić information content (AvgIpc) is 2.62. The summed E-state index contributed by atoms with van der Waals surface area (Å²) >= 11 is 0. The van der Waals surface area contributed by atoms with E-state index in [1.54, 1.807) is 0 Å². The van der Waals surface area contributed by atoms with Crippen molar-refractivity contribution in [2.24, 2.45) is 0 Å². The standard InChI is InChI=1S/C10H8F2O3/c1-10(11,12)7-2-6(4-13)9-8(3-7)14-5-15-9/h2-4H,5H2,1H3. The van der Waals surface area contributed by atoms with Crippen molar-refractivity contribution in [2.45, 2.75) is 12.8 Å². The smallest absolute Gasteiger partial charge is 0.270 e. The Morgan fingerprint density at radius 1 is 1.40 bits per heavy atom. The number of carbonyl (C=O) groups excluding carboxylic acids is 1. The summed E-state index contributed by atoms with van der Waals surface area (Å²) in [6, 6.07) is 2.30. The number of ether oxygens (including phenoxy) is 2. The Bertz CT molecular complexity index is 410. The molecule has 5 heteroatoms. The van der Waals surface area contributed by atoms with Crippen LogP contribution in [-0.4, -0.2) is 13.1 Å². The van der Waals surface area contributed by atoms with Gasteiger partial charge in [0.05, 0.1) is 5.56 Å². The van der Waals surface area contributed by atoms with E-state index in [9.17, 15) is 13.6 Å². The summed E-state index contributed by atoms with van der Waals surface area (Å²) in [6.07, 6.45) is 0.475. The minimum absolute atomic E-state index is 0.0467. The second-order valence-electron chi connectivity index (χ2n) is 3.31. The fourth-order valence-corrected chi connectivity index (χ4v) is 1.38. The number of alkyl halides is 2. The molecular formula is C10H8F2O3.